The lowest BCUT2D eigenvalue weighted by Crippen LogP contribution is -2.35. The predicted octanol–water partition coefficient (Wildman–Crippen LogP) is 1.63. The molecule has 0 heterocycles. The summed E-state index contributed by atoms with van der Waals surface area (Å²) in [6.45, 7) is -0.160. The fourth-order valence-electron chi connectivity index (χ4n) is 1.79. The van der Waals surface area contributed by atoms with E-state index < -0.39 is 5.91 Å². The summed E-state index contributed by atoms with van der Waals surface area (Å²) in [7, 11) is 0. The summed E-state index contributed by atoms with van der Waals surface area (Å²) >= 11 is 0. The number of carbonyl (C=O) groups excluding carboxylic acids is 2. The van der Waals surface area contributed by atoms with Gasteiger partial charge in [0.2, 0.25) is 5.91 Å². The van der Waals surface area contributed by atoms with E-state index in [0.29, 0.717) is 5.56 Å². The normalized spacial score (nSPS) is 10.5. The zero-order valence-electron chi connectivity index (χ0n) is 12.3. The highest BCUT2D eigenvalue weighted by atomic mass is 19.1. The smallest absolute Gasteiger partial charge is 0.259 e. The first-order valence-electron chi connectivity index (χ1n) is 7.01. The fraction of sp³-hybridized carbons (Fsp3) is 0.118. The van der Waals surface area contributed by atoms with Gasteiger partial charge in [0, 0.05) is 0 Å². The Bertz CT molecular complexity index is 685. The van der Waals surface area contributed by atoms with Crippen LogP contribution in [0.25, 0.3) is 0 Å². The molecule has 0 unspecified atom stereocenters. The topological polar surface area (TPSA) is 70.6 Å². The zero-order valence-corrected chi connectivity index (χ0v) is 12.3. The number of nitrogens with one attached hydrogen (secondary N) is 2. The molecule has 2 aromatic carbocycles. The monoisotopic (exact) mass is 313 g/mol. The van der Waals surface area contributed by atoms with E-state index in [1.807, 2.05) is 30.3 Å². The Morgan fingerprint density at radius 1 is 1.00 bits per heavy atom. The molecule has 0 aliphatic heterocycles. The van der Waals surface area contributed by atoms with Crippen molar-refractivity contribution in [1.29, 1.82) is 0 Å². The largest absolute Gasteiger partial charge is 0.347 e. The molecule has 0 aliphatic rings. The number of rotatable bonds is 6. The number of carbonyl (C=O) groups is 2. The summed E-state index contributed by atoms with van der Waals surface area (Å²) in [6, 6.07) is 14.9. The number of amides is 2. The maximum absolute atomic E-state index is 12.7. The Labute approximate surface area is 133 Å². The number of hydrogen-bond donors (Lipinski definition) is 2. The van der Waals surface area contributed by atoms with E-state index in [4.69, 9.17) is 0 Å². The van der Waals surface area contributed by atoms with Crippen LogP contribution in [0.4, 0.5) is 4.39 Å². The molecular formula is C17H16FN3O2. The minimum atomic E-state index is -0.440. The van der Waals surface area contributed by atoms with Gasteiger partial charge in [-0.3, -0.25) is 9.59 Å². The lowest BCUT2D eigenvalue weighted by atomic mass is 10.1. The molecule has 0 saturated carbocycles. The average molecular weight is 313 g/mol. The minimum absolute atomic E-state index is 0.160. The van der Waals surface area contributed by atoms with Crippen LogP contribution in [0.2, 0.25) is 0 Å². The van der Waals surface area contributed by atoms with Crippen molar-refractivity contribution in [2.24, 2.45) is 5.10 Å². The molecule has 6 heteroatoms. The van der Waals surface area contributed by atoms with E-state index in [-0.39, 0.29) is 24.7 Å². The predicted molar refractivity (Wildman–Crippen MR) is 85.3 cm³/mol. The lowest BCUT2D eigenvalue weighted by Gasteiger charge is -2.04. The summed E-state index contributed by atoms with van der Waals surface area (Å²) in [5, 5.41) is 6.25. The summed E-state index contributed by atoms with van der Waals surface area (Å²) in [4.78, 5) is 23.2. The molecule has 5 nitrogen and oxygen atoms in total. The van der Waals surface area contributed by atoms with Crippen molar-refractivity contribution in [1.82, 2.24) is 10.7 Å². The van der Waals surface area contributed by atoms with Crippen LogP contribution < -0.4 is 10.7 Å². The van der Waals surface area contributed by atoms with E-state index in [2.05, 4.69) is 15.8 Å². The summed E-state index contributed by atoms with van der Waals surface area (Å²) in [6.07, 6.45) is 1.61. The second-order valence-electron chi connectivity index (χ2n) is 4.78. The van der Waals surface area contributed by atoms with Gasteiger partial charge in [-0.25, -0.2) is 9.82 Å². The second kappa shape index (κ2) is 8.43. The van der Waals surface area contributed by atoms with Crippen LogP contribution in [-0.4, -0.2) is 24.6 Å². The van der Waals surface area contributed by atoms with Crippen molar-refractivity contribution in [2.75, 3.05) is 6.54 Å². The number of benzene rings is 2. The molecular weight excluding hydrogens is 297 g/mol. The van der Waals surface area contributed by atoms with Crippen LogP contribution >= 0.6 is 0 Å². The molecule has 118 valence electrons. The molecule has 0 bridgehead atoms. The molecule has 0 saturated heterocycles. The Kier molecular flexibility index (Phi) is 5.99. The van der Waals surface area contributed by atoms with Crippen molar-refractivity contribution >= 4 is 18.0 Å². The van der Waals surface area contributed by atoms with Crippen molar-refractivity contribution in [3.63, 3.8) is 0 Å². The van der Waals surface area contributed by atoms with Crippen LogP contribution in [-0.2, 0) is 16.0 Å². The first-order valence-corrected chi connectivity index (χ1v) is 7.01. The number of halogens is 1. The van der Waals surface area contributed by atoms with Crippen molar-refractivity contribution in [3.8, 4) is 0 Å². The highest BCUT2D eigenvalue weighted by Gasteiger charge is 2.05. The van der Waals surface area contributed by atoms with Gasteiger partial charge < -0.3 is 5.32 Å². The van der Waals surface area contributed by atoms with E-state index >= 15 is 0 Å². The van der Waals surface area contributed by atoms with Gasteiger partial charge in [-0.05, 0) is 23.3 Å². The molecule has 2 aromatic rings. The van der Waals surface area contributed by atoms with Crippen LogP contribution in [0.5, 0.6) is 0 Å². The third-order valence-electron chi connectivity index (χ3n) is 2.93. The molecule has 0 aromatic heterocycles. The summed E-state index contributed by atoms with van der Waals surface area (Å²) in [5.74, 6) is -1.02. The van der Waals surface area contributed by atoms with Crippen LogP contribution in [0, 0.1) is 5.82 Å². The van der Waals surface area contributed by atoms with Gasteiger partial charge in [0.25, 0.3) is 5.91 Å². The first-order chi connectivity index (χ1) is 11.1. The molecule has 2 rings (SSSR count). The van der Waals surface area contributed by atoms with Gasteiger partial charge in [0.15, 0.2) is 0 Å². The quantitative estimate of drug-likeness (QED) is 0.628. The number of hydrazone groups is 1. The van der Waals surface area contributed by atoms with Crippen molar-refractivity contribution in [2.45, 2.75) is 6.42 Å². The molecule has 2 amide bonds. The Morgan fingerprint density at radius 2 is 1.70 bits per heavy atom. The summed E-state index contributed by atoms with van der Waals surface area (Å²) < 4.78 is 12.7. The maximum atomic E-state index is 12.7. The second-order valence-corrected chi connectivity index (χ2v) is 4.78. The molecule has 0 radical (unpaired) electrons. The fourth-order valence-corrected chi connectivity index (χ4v) is 1.79. The van der Waals surface area contributed by atoms with Crippen molar-refractivity contribution in [3.05, 3.63) is 71.5 Å². The molecule has 0 atom stereocenters. The first kappa shape index (κ1) is 16.4. The van der Waals surface area contributed by atoms with E-state index in [1.165, 1.54) is 30.5 Å². The van der Waals surface area contributed by atoms with Gasteiger partial charge in [-0.15, -0.1) is 0 Å². The molecule has 0 aliphatic carbocycles. The average Bonchev–Trinajstić information content (AvgIpc) is 2.56. The molecule has 23 heavy (non-hydrogen) atoms. The van der Waals surface area contributed by atoms with Gasteiger partial charge >= 0.3 is 0 Å². The Morgan fingerprint density at radius 3 is 2.39 bits per heavy atom. The molecule has 0 fully saturated rings. The van der Waals surface area contributed by atoms with E-state index in [9.17, 15) is 14.0 Å². The third kappa shape index (κ3) is 6.09. The SMILES string of the molecule is O=C(Cc1ccccc1)NCC(=O)N/N=C/c1ccc(F)cc1. The van der Waals surface area contributed by atoms with Crippen LogP contribution in [0.1, 0.15) is 11.1 Å². The van der Waals surface area contributed by atoms with Crippen LogP contribution in [0.3, 0.4) is 0 Å². The lowest BCUT2D eigenvalue weighted by molar-refractivity contribution is -0.125. The van der Waals surface area contributed by atoms with Gasteiger partial charge in [-0.2, -0.15) is 5.10 Å². The van der Waals surface area contributed by atoms with Gasteiger partial charge in [0.05, 0.1) is 19.2 Å². The highest BCUT2D eigenvalue weighted by molar-refractivity contribution is 5.86. The summed E-state index contributed by atoms with van der Waals surface area (Å²) in [5.41, 5.74) is 3.81. The van der Waals surface area contributed by atoms with E-state index in [0.717, 1.165) is 5.56 Å². The highest BCUT2D eigenvalue weighted by Crippen LogP contribution is 2.00. The van der Waals surface area contributed by atoms with Gasteiger partial charge in [-0.1, -0.05) is 42.5 Å². The van der Waals surface area contributed by atoms with E-state index in [1.54, 1.807) is 0 Å². The standard InChI is InChI=1S/C17H16FN3O2/c18-15-8-6-14(7-9-15)11-20-21-17(23)12-19-16(22)10-13-4-2-1-3-5-13/h1-9,11H,10,12H2,(H,19,22)(H,21,23)/b20-11+. The molecule has 2 N–H and O–H groups in total. The van der Waals surface area contributed by atoms with Crippen molar-refractivity contribution < 1.29 is 14.0 Å². The zero-order chi connectivity index (χ0) is 16.5. The minimum Gasteiger partial charge on any atom is -0.347 e. The molecule has 0 spiro atoms. The third-order valence-corrected chi connectivity index (χ3v) is 2.93. The number of nitrogens with zero attached hydrogens (tertiary/aromatic N) is 1. The van der Waals surface area contributed by atoms with Crippen LogP contribution in [0.15, 0.2) is 59.7 Å². The number of hydrogen-bond acceptors (Lipinski definition) is 3. The Balaban J connectivity index is 1.70. The maximum Gasteiger partial charge on any atom is 0.259 e. The van der Waals surface area contributed by atoms with Gasteiger partial charge in [0.1, 0.15) is 5.82 Å². The Hall–Kier alpha value is -3.02.